The second-order valence-electron chi connectivity index (χ2n) is 6.56. The van der Waals surface area contributed by atoms with E-state index in [1.165, 1.54) is 22.9 Å². The van der Waals surface area contributed by atoms with E-state index in [-0.39, 0.29) is 11.9 Å². The van der Waals surface area contributed by atoms with Gasteiger partial charge in [0.25, 0.3) is 0 Å². The molecule has 1 saturated carbocycles. The summed E-state index contributed by atoms with van der Waals surface area (Å²) in [7, 11) is 0. The molecule has 1 aliphatic rings. The molecular weight excluding hydrogens is 346 g/mol. The molecule has 0 spiro atoms. The molecule has 2 aromatic rings. The lowest BCUT2D eigenvalue weighted by molar-refractivity contribution is -0.113. The number of hydrogen-bond acceptors (Lipinski definition) is 3. The highest BCUT2D eigenvalue weighted by molar-refractivity contribution is 8.00. The zero-order valence-corrected chi connectivity index (χ0v) is 15.8. The number of carbonyl (C=O) groups is 2. The van der Waals surface area contributed by atoms with Gasteiger partial charge in [0.2, 0.25) is 5.91 Å². The first kappa shape index (κ1) is 18.3. The second-order valence-corrected chi connectivity index (χ2v) is 7.57. The van der Waals surface area contributed by atoms with Crippen molar-refractivity contribution in [2.45, 2.75) is 37.6 Å². The molecule has 2 aromatic carbocycles. The van der Waals surface area contributed by atoms with Crippen LogP contribution < -0.4 is 16.0 Å². The first-order valence-electron chi connectivity index (χ1n) is 8.67. The van der Waals surface area contributed by atoms with Gasteiger partial charge in [-0.1, -0.05) is 17.7 Å². The van der Waals surface area contributed by atoms with Crippen LogP contribution in [0.3, 0.4) is 0 Å². The zero-order chi connectivity index (χ0) is 18.5. The first-order valence-corrected chi connectivity index (χ1v) is 9.65. The summed E-state index contributed by atoms with van der Waals surface area (Å²) in [4.78, 5) is 25.0. The summed E-state index contributed by atoms with van der Waals surface area (Å²) < 4.78 is 0. The predicted molar refractivity (Wildman–Crippen MR) is 107 cm³/mol. The summed E-state index contributed by atoms with van der Waals surface area (Å²) >= 11 is 1.53. The van der Waals surface area contributed by atoms with Crippen LogP contribution in [0.25, 0.3) is 0 Å². The highest BCUT2D eigenvalue weighted by Crippen LogP contribution is 2.24. The minimum absolute atomic E-state index is 0.0527. The molecule has 1 fully saturated rings. The highest BCUT2D eigenvalue weighted by Gasteiger charge is 2.23. The molecule has 0 saturated heterocycles. The van der Waals surface area contributed by atoms with Gasteiger partial charge in [0.15, 0.2) is 0 Å². The van der Waals surface area contributed by atoms with Crippen LogP contribution in [0.15, 0.2) is 47.4 Å². The Kier molecular flexibility index (Phi) is 5.83. The largest absolute Gasteiger partial charge is 0.335 e. The van der Waals surface area contributed by atoms with Gasteiger partial charge in [0.05, 0.1) is 5.75 Å². The fourth-order valence-electron chi connectivity index (χ4n) is 2.42. The van der Waals surface area contributed by atoms with Crippen molar-refractivity contribution in [1.29, 1.82) is 0 Å². The Morgan fingerprint density at radius 3 is 2.31 bits per heavy atom. The van der Waals surface area contributed by atoms with Crippen LogP contribution in [0.4, 0.5) is 16.2 Å². The number of nitrogens with one attached hydrogen (secondary N) is 3. The van der Waals surface area contributed by atoms with E-state index in [1.807, 2.05) is 13.8 Å². The SMILES string of the molecule is Cc1ccc(C)c(SCC(=O)Nc2ccc(NC(=O)NC3CC3)cc2)c1. The third-order valence-corrected chi connectivity index (χ3v) is 5.20. The Balaban J connectivity index is 1.47. The topological polar surface area (TPSA) is 70.2 Å². The van der Waals surface area contributed by atoms with Crippen LogP contribution in [0.2, 0.25) is 0 Å². The van der Waals surface area contributed by atoms with Crippen LogP contribution in [0.1, 0.15) is 24.0 Å². The summed E-state index contributed by atoms with van der Waals surface area (Å²) in [5, 5.41) is 8.53. The minimum Gasteiger partial charge on any atom is -0.335 e. The molecule has 0 heterocycles. The van der Waals surface area contributed by atoms with Crippen molar-refractivity contribution < 1.29 is 9.59 Å². The smallest absolute Gasteiger partial charge is 0.319 e. The Morgan fingerprint density at radius 1 is 1.00 bits per heavy atom. The molecule has 0 atom stereocenters. The third-order valence-electron chi connectivity index (χ3n) is 4.04. The van der Waals surface area contributed by atoms with Crippen molar-refractivity contribution in [3.05, 3.63) is 53.6 Å². The number of carbonyl (C=O) groups excluding carboxylic acids is 2. The van der Waals surface area contributed by atoms with Crippen LogP contribution in [-0.4, -0.2) is 23.7 Å². The number of amides is 3. The lowest BCUT2D eigenvalue weighted by Crippen LogP contribution is -2.30. The summed E-state index contributed by atoms with van der Waals surface area (Å²) in [6.45, 7) is 4.09. The van der Waals surface area contributed by atoms with Crippen LogP contribution >= 0.6 is 11.8 Å². The van der Waals surface area contributed by atoms with Gasteiger partial charge < -0.3 is 16.0 Å². The van der Waals surface area contributed by atoms with Crippen LogP contribution in [0, 0.1) is 13.8 Å². The van der Waals surface area contributed by atoms with E-state index >= 15 is 0 Å². The van der Waals surface area contributed by atoms with Crippen LogP contribution in [-0.2, 0) is 4.79 Å². The molecule has 1 aliphatic carbocycles. The molecule has 0 bridgehead atoms. The van der Waals surface area contributed by atoms with E-state index in [0.29, 0.717) is 23.2 Å². The summed E-state index contributed by atoms with van der Waals surface area (Å²) in [5.74, 6) is 0.303. The summed E-state index contributed by atoms with van der Waals surface area (Å²) in [5.41, 5.74) is 3.77. The van der Waals surface area contributed by atoms with Crippen molar-refractivity contribution in [2.75, 3.05) is 16.4 Å². The maximum Gasteiger partial charge on any atom is 0.319 e. The molecule has 0 aromatic heterocycles. The molecule has 3 rings (SSSR count). The first-order chi connectivity index (χ1) is 12.5. The number of urea groups is 1. The standard InChI is InChI=1S/C20H23N3O2S/c1-13-3-4-14(2)18(11-13)26-12-19(24)21-15-5-7-16(8-6-15)22-20(25)23-17-9-10-17/h3-8,11,17H,9-10,12H2,1-2H3,(H,21,24)(H2,22,23,25). The van der Waals surface area contributed by atoms with Crippen molar-refractivity contribution in [3.63, 3.8) is 0 Å². The molecule has 6 heteroatoms. The summed E-state index contributed by atoms with van der Waals surface area (Å²) in [6, 6.07) is 13.5. The summed E-state index contributed by atoms with van der Waals surface area (Å²) in [6.07, 6.45) is 2.11. The quantitative estimate of drug-likeness (QED) is 0.664. The van der Waals surface area contributed by atoms with E-state index in [1.54, 1.807) is 24.3 Å². The highest BCUT2D eigenvalue weighted by atomic mass is 32.2. The Hall–Kier alpha value is -2.47. The number of hydrogen-bond donors (Lipinski definition) is 3. The van der Waals surface area contributed by atoms with Crippen molar-refractivity contribution in [1.82, 2.24) is 5.32 Å². The molecule has 3 N–H and O–H groups in total. The molecule has 0 radical (unpaired) electrons. The third kappa shape index (κ3) is 5.52. The number of anilines is 2. The average molecular weight is 369 g/mol. The van der Waals surface area contributed by atoms with Gasteiger partial charge in [-0.2, -0.15) is 0 Å². The molecule has 5 nitrogen and oxygen atoms in total. The number of benzene rings is 2. The van der Waals surface area contributed by atoms with E-state index in [9.17, 15) is 9.59 Å². The predicted octanol–water partition coefficient (Wildman–Crippen LogP) is 4.32. The Morgan fingerprint density at radius 2 is 1.65 bits per heavy atom. The maximum absolute atomic E-state index is 12.2. The normalized spacial score (nSPS) is 13.2. The molecule has 136 valence electrons. The average Bonchev–Trinajstić information content (AvgIpc) is 3.41. The number of rotatable bonds is 6. The molecular formula is C20H23N3O2S. The molecule has 0 unspecified atom stereocenters. The van der Waals surface area contributed by atoms with E-state index < -0.39 is 0 Å². The van der Waals surface area contributed by atoms with E-state index in [2.05, 4.69) is 34.1 Å². The minimum atomic E-state index is -0.186. The van der Waals surface area contributed by atoms with Gasteiger partial charge in [-0.15, -0.1) is 11.8 Å². The van der Waals surface area contributed by atoms with Gasteiger partial charge in [0, 0.05) is 22.3 Å². The molecule has 3 amide bonds. The molecule has 26 heavy (non-hydrogen) atoms. The maximum atomic E-state index is 12.2. The lowest BCUT2D eigenvalue weighted by atomic mass is 10.2. The van der Waals surface area contributed by atoms with E-state index in [0.717, 1.165) is 17.7 Å². The van der Waals surface area contributed by atoms with Gasteiger partial charge in [0.1, 0.15) is 0 Å². The zero-order valence-electron chi connectivity index (χ0n) is 15.0. The monoisotopic (exact) mass is 369 g/mol. The van der Waals surface area contributed by atoms with E-state index in [4.69, 9.17) is 0 Å². The Bertz CT molecular complexity index is 801. The lowest BCUT2D eigenvalue weighted by Gasteiger charge is -2.09. The fraction of sp³-hybridized carbons (Fsp3) is 0.300. The fourth-order valence-corrected chi connectivity index (χ4v) is 3.34. The van der Waals surface area contributed by atoms with Crippen molar-refractivity contribution in [2.24, 2.45) is 0 Å². The van der Waals surface area contributed by atoms with Gasteiger partial charge in [-0.3, -0.25) is 4.79 Å². The Labute approximate surface area is 157 Å². The number of thioether (sulfide) groups is 1. The van der Waals surface area contributed by atoms with Crippen molar-refractivity contribution >= 4 is 35.1 Å². The van der Waals surface area contributed by atoms with Crippen molar-refractivity contribution in [3.8, 4) is 0 Å². The van der Waals surface area contributed by atoms with Gasteiger partial charge >= 0.3 is 6.03 Å². The second kappa shape index (κ2) is 8.27. The van der Waals surface area contributed by atoms with Gasteiger partial charge in [-0.25, -0.2) is 4.79 Å². The number of aryl methyl sites for hydroxylation is 2. The van der Waals surface area contributed by atoms with Crippen LogP contribution in [0.5, 0.6) is 0 Å². The van der Waals surface area contributed by atoms with Gasteiger partial charge in [-0.05, 0) is 62.6 Å². The molecule has 0 aliphatic heterocycles.